The molecule has 1 saturated carbocycles. The van der Waals surface area contributed by atoms with E-state index in [2.05, 4.69) is 0 Å². The number of amides is 2. The van der Waals surface area contributed by atoms with E-state index in [0.29, 0.717) is 44.1 Å². The van der Waals surface area contributed by atoms with Crippen LogP contribution in [0.15, 0.2) is 18.2 Å². The molecule has 0 unspecified atom stereocenters. The minimum atomic E-state index is 0.0667. The number of hydrogen-bond acceptors (Lipinski definition) is 4. The number of benzene rings is 1. The molecule has 130 valence electrons. The number of rotatable bonds is 5. The van der Waals surface area contributed by atoms with Crippen molar-refractivity contribution in [2.75, 3.05) is 40.4 Å². The molecule has 1 saturated heterocycles. The first-order valence-electron chi connectivity index (χ1n) is 8.40. The van der Waals surface area contributed by atoms with Crippen molar-refractivity contribution >= 4 is 11.8 Å². The number of ether oxygens (including phenoxy) is 2. The number of nitrogens with zero attached hydrogens (tertiary/aromatic N) is 2. The smallest absolute Gasteiger partial charge is 0.227 e. The van der Waals surface area contributed by atoms with Crippen molar-refractivity contribution in [1.82, 2.24) is 9.80 Å². The maximum atomic E-state index is 12.5. The zero-order valence-electron chi connectivity index (χ0n) is 14.3. The van der Waals surface area contributed by atoms with E-state index in [-0.39, 0.29) is 17.7 Å². The molecule has 2 fully saturated rings. The predicted octanol–water partition coefficient (Wildman–Crippen LogP) is 1.33. The van der Waals surface area contributed by atoms with Gasteiger partial charge in [-0.2, -0.15) is 0 Å². The fourth-order valence-electron chi connectivity index (χ4n) is 3.04. The van der Waals surface area contributed by atoms with Crippen LogP contribution in [0, 0.1) is 5.92 Å². The van der Waals surface area contributed by atoms with Crippen LogP contribution in [0.3, 0.4) is 0 Å². The second-order valence-electron chi connectivity index (χ2n) is 6.33. The summed E-state index contributed by atoms with van der Waals surface area (Å²) >= 11 is 0. The molecule has 2 amide bonds. The zero-order chi connectivity index (χ0) is 17.1. The molecule has 6 heteroatoms. The van der Waals surface area contributed by atoms with Gasteiger partial charge in [0.2, 0.25) is 11.8 Å². The highest BCUT2D eigenvalue weighted by Gasteiger charge is 2.35. The van der Waals surface area contributed by atoms with Gasteiger partial charge >= 0.3 is 0 Å². The van der Waals surface area contributed by atoms with Crippen LogP contribution in [0.2, 0.25) is 0 Å². The maximum absolute atomic E-state index is 12.5. The second kappa shape index (κ2) is 7.11. The first-order chi connectivity index (χ1) is 11.6. The molecule has 0 aromatic heterocycles. The van der Waals surface area contributed by atoms with Crippen molar-refractivity contribution in [3.63, 3.8) is 0 Å². The molecule has 0 bridgehead atoms. The fourth-order valence-corrected chi connectivity index (χ4v) is 3.04. The summed E-state index contributed by atoms with van der Waals surface area (Å²) in [6.45, 7) is 2.49. The van der Waals surface area contributed by atoms with Crippen LogP contribution in [-0.2, 0) is 16.0 Å². The molecule has 1 aliphatic heterocycles. The van der Waals surface area contributed by atoms with Gasteiger partial charge in [0, 0.05) is 43.7 Å². The van der Waals surface area contributed by atoms with Gasteiger partial charge in [0.15, 0.2) is 0 Å². The first kappa shape index (κ1) is 16.6. The van der Waals surface area contributed by atoms with Crippen molar-refractivity contribution in [2.24, 2.45) is 5.92 Å². The summed E-state index contributed by atoms with van der Waals surface area (Å²) in [5.41, 5.74) is 0.847. The van der Waals surface area contributed by atoms with Gasteiger partial charge in [0.1, 0.15) is 11.5 Å². The third-order valence-electron chi connectivity index (χ3n) is 4.71. The SMILES string of the molecule is COc1ccc(CC(=O)N2CCN(C(=O)C3CC3)CC2)c(OC)c1. The predicted molar refractivity (Wildman–Crippen MR) is 89.1 cm³/mol. The molecular weight excluding hydrogens is 308 g/mol. The molecule has 0 spiro atoms. The summed E-state index contributed by atoms with van der Waals surface area (Å²) in [5.74, 6) is 1.94. The van der Waals surface area contributed by atoms with Gasteiger partial charge in [-0.15, -0.1) is 0 Å². The summed E-state index contributed by atoms with van der Waals surface area (Å²) in [5, 5.41) is 0. The summed E-state index contributed by atoms with van der Waals surface area (Å²) in [6, 6.07) is 5.48. The summed E-state index contributed by atoms with van der Waals surface area (Å²) in [7, 11) is 3.19. The standard InChI is InChI=1S/C18H24N2O4/c1-23-15-6-5-14(16(12-15)24-2)11-17(21)19-7-9-20(10-8-19)18(22)13-3-4-13/h5-6,12-13H,3-4,7-11H2,1-2H3. The average molecular weight is 332 g/mol. The summed E-state index contributed by atoms with van der Waals surface area (Å²) in [6.07, 6.45) is 2.34. The van der Waals surface area contributed by atoms with Gasteiger partial charge in [0.05, 0.1) is 20.6 Å². The third-order valence-corrected chi connectivity index (χ3v) is 4.71. The van der Waals surface area contributed by atoms with Crippen LogP contribution in [0.1, 0.15) is 18.4 Å². The van der Waals surface area contributed by atoms with Crippen molar-refractivity contribution in [2.45, 2.75) is 19.3 Å². The molecule has 2 aliphatic rings. The largest absolute Gasteiger partial charge is 0.497 e. The summed E-state index contributed by atoms with van der Waals surface area (Å²) < 4.78 is 10.5. The number of carbonyl (C=O) groups excluding carboxylic acids is 2. The number of hydrogen-bond donors (Lipinski definition) is 0. The molecule has 0 atom stereocenters. The number of piperazine rings is 1. The molecule has 1 aliphatic carbocycles. The quantitative estimate of drug-likeness (QED) is 0.816. The molecular formula is C18H24N2O4. The molecule has 0 radical (unpaired) electrons. The molecule has 1 aromatic rings. The lowest BCUT2D eigenvalue weighted by molar-refractivity contribution is -0.140. The number of methoxy groups -OCH3 is 2. The van der Waals surface area contributed by atoms with Gasteiger partial charge in [-0.25, -0.2) is 0 Å². The van der Waals surface area contributed by atoms with Crippen LogP contribution in [0.25, 0.3) is 0 Å². The van der Waals surface area contributed by atoms with Crippen molar-refractivity contribution in [3.8, 4) is 11.5 Å². The first-order valence-corrected chi connectivity index (χ1v) is 8.40. The molecule has 1 aromatic carbocycles. The molecule has 0 N–H and O–H groups in total. The maximum Gasteiger partial charge on any atom is 0.227 e. The Balaban J connectivity index is 1.57. The Labute approximate surface area is 142 Å². The highest BCUT2D eigenvalue weighted by Crippen LogP contribution is 2.31. The third kappa shape index (κ3) is 3.63. The molecule has 1 heterocycles. The Morgan fingerprint density at radius 3 is 2.29 bits per heavy atom. The van der Waals surface area contributed by atoms with Crippen molar-refractivity contribution in [1.29, 1.82) is 0 Å². The Morgan fingerprint density at radius 2 is 1.71 bits per heavy atom. The Morgan fingerprint density at radius 1 is 1.04 bits per heavy atom. The van der Waals surface area contributed by atoms with Gasteiger partial charge in [-0.05, 0) is 18.9 Å². The Hall–Kier alpha value is -2.24. The fraction of sp³-hybridized carbons (Fsp3) is 0.556. The van der Waals surface area contributed by atoms with Gasteiger partial charge in [-0.3, -0.25) is 9.59 Å². The lowest BCUT2D eigenvalue weighted by Gasteiger charge is -2.35. The van der Waals surface area contributed by atoms with E-state index in [4.69, 9.17) is 9.47 Å². The number of carbonyl (C=O) groups is 2. The monoisotopic (exact) mass is 332 g/mol. The lowest BCUT2D eigenvalue weighted by Crippen LogP contribution is -2.51. The zero-order valence-corrected chi connectivity index (χ0v) is 14.3. The topological polar surface area (TPSA) is 59.1 Å². The van der Waals surface area contributed by atoms with E-state index in [1.54, 1.807) is 20.3 Å². The lowest BCUT2D eigenvalue weighted by atomic mass is 10.1. The van der Waals surface area contributed by atoms with Crippen molar-refractivity contribution in [3.05, 3.63) is 23.8 Å². The molecule has 24 heavy (non-hydrogen) atoms. The highest BCUT2D eigenvalue weighted by molar-refractivity contribution is 5.82. The van der Waals surface area contributed by atoms with E-state index in [0.717, 1.165) is 18.4 Å². The van der Waals surface area contributed by atoms with E-state index in [1.165, 1.54) is 0 Å². The minimum absolute atomic E-state index is 0.0667. The van der Waals surface area contributed by atoms with E-state index >= 15 is 0 Å². The van der Waals surface area contributed by atoms with Gasteiger partial charge < -0.3 is 19.3 Å². The van der Waals surface area contributed by atoms with Crippen LogP contribution in [0.5, 0.6) is 11.5 Å². The Bertz CT molecular complexity index is 619. The average Bonchev–Trinajstić information content (AvgIpc) is 3.46. The van der Waals surface area contributed by atoms with Crippen LogP contribution in [-0.4, -0.2) is 62.0 Å². The normalized spacial score (nSPS) is 17.6. The van der Waals surface area contributed by atoms with E-state index in [1.807, 2.05) is 21.9 Å². The van der Waals surface area contributed by atoms with Crippen LogP contribution in [0.4, 0.5) is 0 Å². The van der Waals surface area contributed by atoms with Gasteiger partial charge in [-0.1, -0.05) is 6.07 Å². The van der Waals surface area contributed by atoms with E-state index in [9.17, 15) is 9.59 Å². The molecule has 3 rings (SSSR count). The summed E-state index contributed by atoms with van der Waals surface area (Å²) in [4.78, 5) is 28.3. The highest BCUT2D eigenvalue weighted by atomic mass is 16.5. The van der Waals surface area contributed by atoms with Crippen molar-refractivity contribution < 1.29 is 19.1 Å². The second-order valence-corrected chi connectivity index (χ2v) is 6.33. The Kier molecular flexibility index (Phi) is 4.92. The van der Waals surface area contributed by atoms with Gasteiger partial charge in [0.25, 0.3) is 0 Å². The minimum Gasteiger partial charge on any atom is -0.497 e. The van der Waals surface area contributed by atoms with Crippen LogP contribution >= 0.6 is 0 Å². The van der Waals surface area contributed by atoms with Crippen LogP contribution < -0.4 is 9.47 Å². The van der Waals surface area contributed by atoms with E-state index < -0.39 is 0 Å². The molecule has 6 nitrogen and oxygen atoms in total.